The molecule has 0 spiro atoms. The maximum Gasteiger partial charge on any atom is 0.347 e. The Bertz CT molecular complexity index is 1400. The summed E-state index contributed by atoms with van der Waals surface area (Å²) in [6.45, 7) is 7.24. The van der Waals surface area contributed by atoms with Crippen LogP contribution in [0.4, 0.5) is 0 Å². The van der Waals surface area contributed by atoms with Gasteiger partial charge in [-0.15, -0.1) is 0 Å². The average molecular weight is 641 g/mol. The zero-order chi connectivity index (χ0) is 32.7. The summed E-state index contributed by atoms with van der Waals surface area (Å²) in [7, 11) is 0. The summed E-state index contributed by atoms with van der Waals surface area (Å²) in [6.07, 6.45) is 1.24. The summed E-state index contributed by atoms with van der Waals surface area (Å²) in [5, 5.41) is 15.3. The minimum atomic E-state index is -1.14. The molecule has 7 atom stereocenters. The zero-order valence-electron chi connectivity index (χ0n) is 25.9. The second-order valence-corrected chi connectivity index (χ2v) is 12.6. The van der Waals surface area contributed by atoms with E-state index in [2.05, 4.69) is 10.6 Å². The lowest BCUT2D eigenvalue weighted by molar-refractivity contribution is -0.176. The average Bonchev–Trinajstić information content (AvgIpc) is 3.81. The number of halogens is 1. The van der Waals surface area contributed by atoms with Crippen molar-refractivity contribution in [1.29, 1.82) is 0 Å². The molecule has 2 heterocycles. The van der Waals surface area contributed by atoms with Crippen LogP contribution in [-0.2, 0) is 39.8 Å². The van der Waals surface area contributed by atoms with E-state index in [9.17, 15) is 24.3 Å². The van der Waals surface area contributed by atoms with Crippen LogP contribution in [0.25, 0.3) is 0 Å². The molecule has 11 heteroatoms. The number of amides is 2. The van der Waals surface area contributed by atoms with Gasteiger partial charge >= 0.3 is 11.9 Å². The highest BCUT2D eigenvalue weighted by Gasteiger charge is 2.47. The van der Waals surface area contributed by atoms with E-state index in [-0.39, 0.29) is 60.6 Å². The molecule has 0 aromatic heterocycles. The van der Waals surface area contributed by atoms with E-state index in [1.165, 1.54) is 18.2 Å². The largest absolute Gasteiger partial charge is 0.506 e. The second-order valence-electron chi connectivity index (χ2n) is 12.2. The third kappa shape index (κ3) is 9.55. The number of rotatable bonds is 7. The molecule has 3 N–H and O–H groups in total. The summed E-state index contributed by atoms with van der Waals surface area (Å²) < 4.78 is 17.6. The number of carbonyl (C=O) groups excluding carboxylic acids is 4. The molecule has 0 unspecified atom stereocenters. The Morgan fingerprint density at radius 3 is 2.42 bits per heavy atom. The van der Waals surface area contributed by atoms with Gasteiger partial charge in [0.2, 0.25) is 11.8 Å². The second kappa shape index (κ2) is 15.4. The van der Waals surface area contributed by atoms with Crippen LogP contribution in [0.15, 0.2) is 60.7 Å². The monoisotopic (exact) mass is 640 g/mol. The van der Waals surface area contributed by atoms with Gasteiger partial charge in [0.1, 0.15) is 24.0 Å². The number of epoxide rings is 1. The van der Waals surface area contributed by atoms with Crippen molar-refractivity contribution in [3.8, 4) is 5.75 Å². The Balaban J connectivity index is 1.58. The van der Waals surface area contributed by atoms with Crippen molar-refractivity contribution >= 4 is 35.4 Å². The Morgan fingerprint density at radius 1 is 1.00 bits per heavy atom. The van der Waals surface area contributed by atoms with Crippen molar-refractivity contribution in [3.63, 3.8) is 0 Å². The van der Waals surface area contributed by atoms with Gasteiger partial charge in [-0.3, -0.25) is 14.4 Å². The first-order valence-corrected chi connectivity index (χ1v) is 15.6. The van der Waals surface area contributed by atoms with E-state index in [4.69, 9.17) is 25.8 Å². The van der Waals surface area contributed by atoms with Crippen LogP contribution >= 0.6 is 11.6 Å². The van der Waals surface area contributed by atoms with E-state index in [0.717, 1.165) is 5.56 Å². The molecule has 2 aromatic carbocycles. The smallest absolute Gasteiger partial charge is 0.347 e. The molecule has 10 nitrogen and oxygen atoms in total. The van der Waals surface area contributed by atoms with Gasteiger partial charge < -0.3 is 30.0 Å². The number of ether oxygens (including phenoxy) is 3. The first kappa shape index (κ1) is 34.0. The van der Waals surface area contributed by atoms with E-state index in [0.29, 0.717) is 5.56 Å². The summed E-state index contributed by atoms with van der Waals surface area (Å²) in [4.78, 5) is 52.7. The maximum absolute atomic E-state index is 13.4. The lowest BCUT2D eigenvalue weighted by Crippen LogP contribution is -2.49. The first-order valence-electron chi connectivity index (χ1n) is 15.3. The number of phenolic OH excluding ortho intramolecular Hbond substituents is 1. The fourth-order valence-corrected chi connectivity index (χ4v) is 5.43. The Labute approximate surface area is 268 Å². The van der Waals surface area contributed by atoms with E-state index >= 15 is 0 Å². The number of esters is 2. The molecule has 2 aliphatic heterocycles. The number of nitrogens with one attached hydrogen (secondary N) is 2. The SMILES string of the molecule is CC(C)C[C@@H]1OC(=O)[C@H](C)CNC(=O)[C@@H](Cc2ccc(O)c(Cl)c2)NC(=O)C=CC[C@@H]([C@H](C)[C@H]2O[C@@H]2c2ccccc2)OC1=O. The van der Waals surface area contributed by atoms with Crippen LogP contribution in [0.5, 0.6) is 5.75 Å². The zero-order valence-corrected chi connectivity index (χ0v) is 26.7. The van der Waals surface area contributed by atoms with Crippen LogP contribution < -0.4 is 10.6 Å². The van der Waals surface area contributed by atoms with E-state index < -0.39 is 47.9 Å². The third-order valence-corrected chi connectivity index (χ3v) is 8.24. The predicted molar refractivity (Wildman–Crippen MR) is 167 cm³/mol. The van der Waals surface area contributed by atoms with Gasteiger partial charge in [-0.25, -0.2) is 4.79 Å². The molecule has 2 amide bonds. The summed E-state index contributed by atoms with van der Waals surface area (Å²) in [5.41, 5.74) is 1.63. The highest BCUT2D eigenvalue weighted by molar-refractivity contribution is 6.32. The minimum Gasteiger partial charge on any atom is -0.506 e. The standard InChI is InChI=1S/C34H41ClN2O8/c1-19(2)15-28-34(42)43-27(21(4)30-31(45-30)23-9-6-5-7-10-23)11-8-12-29(39)37-25(17-22-13-14-26(38)24(35)16-22)32(40)36-18-20(3)33(41)44-28/h5-10,12-14,16,19-21,25,27-28,30-31,38H,11,15,17-18H2,1-4H3,(H,36,40)(H,37,39)/t20-,21+,25-,27+,28+,30-,31-/m1/s1. The number of cyclic esters (lactones) is 2. The summed E-state index contributed by atoms with van der Waals surface area (Å²) >= 11 is 6.06. The molecule has 0 aliphatic carbocycles. The molecule has 4 rings (SSSR count). The molecular weight excluding hydrogens is 600 g/mol. The number of hydrogen-bond donors (Lipinski definition) is 3. The Kier molecular flexibility index (Phi) is 11.6. The lowest BCUT2D eigenvalue weighted by Gasteiger charge is -2.27. The van der Waals surface area contributed by atoms with Crippen LogP contribution in [0.2, 0.25) is 5.02 Å². The highest BCUT2D eigenvalue weighted by atomic mass is 35.5. The number of benzene rings is 2. The normalized spacial score (nSPS) is 27.2. The predicted octanol–water partition coefficient (Wildman–Crippen LogP) is 4.43. The van der Waals surface area contributed by atoms with Crippen LogP contribution in [0, 0.1) is 17.8 Å². The molecule has 242 valence electrons. The third-order valence-electron chi connectivity index (χ3n) is 7.94. The van der Waals surface area contributed by atoms with Crippen molar-refractivity contribution in [2.75, 3.05) is 6.54 Å². The number of phenols is 1. The first-order chi connectivity index (χ1) is 21.4. The molecule has 1 saturated heterocycles. The van der Waals surface area contributed by atoms with Gasteiger partial charge in [0.25, 0.3) is 0 Å². The molecule has 1 fully saturated rings. The molecule has 45 heavy (non-hydrogen) atoms. The van der Waals surface area contributed by atoms with E-state index in [1.54, 1.807) is 19.1 Å². The van der Waals surface area contributed by atoms with Crippen molar-refractivity contribution < 1.29 is 38.5 Å². The quantitative estimate of drug-likeness (QED) is 0.298. The highest BCUT2D eigenvalue weighted by Crippen LogP contribution is 2.45. The number of carbonyl (C=O) groups is 4. The maximum atomic E-state index is 13.4. The summed E-state index contributed by atoms with van der Waals surface area (Å²) in [5.74, 6) is -3.49. The Morgan fingerprint density at radius 2 is 1.73 bits per heavy atom. The molecule has 2 aromatic rings. The van der Waals surface area contributed by atoms with Crippen LogP contribution in [0.3, 0.4) is 0 Å². The summed E-state index contributed by atoms with van der Waals surface area (Å²) in [6, 6.07) is 13.3. The van der Waals surface area contributed by atoms with Crippen molar-refractivity contribution in [2.24, 2.45) is 17.8 Å². The lowest BCUT2D eigenvalue weighted by atomic mass is 9.93. The number of aromatic hydroxyl groups is 1. The fourth-order valence-electron chi connectivity index (χ4n) is 5.23. The Hall–Kier alpha value is -3.89. The van der Waals surface area contributed by atoms with Gasteiger partial charge in [0, 0.05) is 25.3 Å². The molecule has 0 saturated carbocycles. The van der Waals surface area contributed by atoms with Gasteiger partial charge in [-0.05, 0) is 41.7 Å². The van der Waals surface area contributed by atoms with Crippen LogP contribution in [-0.4, -0.2) is 59.8 Å². The fraction of sp³-hybridized carbons (Fsp3) is 0.471. The van der Waals surface area contributed by atoms with Gasteiger partial charge in [0.15, 0.2) is 6.10 Å². The van der Waals surface area contributed by atoms with E-state index in [1.807, 2.05) is 51.1 Å². The van der Waals surface area contributed by atoms with Crippen molar-refractivity contribution in [1.82, 2.24) is 10.6 Å². The van der Waals surface area contributed by atoms with Crippen LogP contribution in [0.1, 0.15) is 57.8 Å². The number of hydrogen-bond acceptors (Lipinski definition) is 8. The van der Waals surface area contributed by atoms with Gasteiger partial charge in [-0.2, -0.15) is 0 Å². The topological polar surface area (TPSA) is 144 Å². The van der Waals surface area contributed by atoms with Gasteiger partial charge in [0.05, 0.1) is 17.0 Å². The molecule has 2 aliphatic rings. The molecular formula is C34H41ClN2O8. The minimum absolute atomic E-state index is 0.0267. The molecule has 0 radical (unpaired) electrons. The van der Waals surface area contributed by atoms with Crippen molar-refractivity contribution in [3.05, 3.63) is 76.8 Å². The van der Waals surface area contributed by atoms with Crippen molar-refractivity contribution in [2.45, 2.75) is 77.4 Å². The molecule has 0 bridgehead atoms. The van der Waals surface area contributed by atoms with Gasteiger partial charge in [-0.1, -0.05) is 81.8 Å².